The average molecular weight is 438 g/mol. The van der Waals surface area contributed by atoms with E-state index in [-0.39, 0.29) is 58.7 Å². The van der Waals surface area contributed by atoms with Crippen molar-refractivity contribution in [3.8, 4) is 0 Å². The Morgan fingerprint density at radius 1 is 1.06 bits per heavy atom. The van der Waals surface area contributed by atoms with E-state index in [9.17, 15) is 15.3 Å². The quantitative estimate of drug-likeness (QED) is 0.577. The summed E-state index contributed by atoms with van der Waals surface area (Å²) >= 11 is 0. The fraction of sp³-hybridized carbons (Fsp3) is 1.00. The molecule has 7 bridgehead atoms. The number of rotatable bonds is 5. The fourth-order valence-electron chi connectivity index (χ4n) is 10.7. The van der Waals surface area contributed by atoms with E-state index in [1.807, 2.05) is 7.11 Å². The number of fused-ring (bicyclic) bond motifs is 2. The Balaban J connectivity index is 1.62. The van der Waals surface area contributed by atoms with Gasteiger partial charge < -0.3 is 29.5 Å². The van der Waals surface area contributed by atoms with Crippen LogP contribution in [0.15, 0.2) is 0 Å². The summed E-state index contributed by atoms with van der Waals surface area (Å²) in [4.78, 5) is 2.52. The van der Waals surface area contributed by atoms with E-state index in [2.05, 4.69) is 11.8 Å². The molecule has 5 aliphatic carbocycles. The first-order valence-electron chi connectivity index (χ1n) is 12.2. The van der Waals surface area contributed by atoms with E-state index in [1.165, 1.54) is 0 Å². The van der Waals surface area contributed by atoms with Gasteiger partial charge in [0.1, 0.15) is 0 Å². The molecule has 0 radical (unpaired) electrons. The minimum Gasteiger partial charge on any atom is -0.392 e. The molecule has 31 heavy (non-hydrogen) atoms. The van der Waals surface area contributed by atoms with Crippen molar-refractivity contribution in [2.24, 2.45) is 40.4 Å². The van der Waals surface area contributed by atoms with Gasteiger partial charge in [-0.2, -0.15) is 0 Å². The van der Waals surface area contributed by atoms with Gasteiger partial charge in [0, 0.05) is 74.8 Å². The molecular formula is C24H39NO6. The molecule has 7 nitrogen and oxygen atoms in total. The second-order valence-electron chi connectivity index (χ2n) is 11.6. The molecule has 3 N–H and O–H groups in total. The van der Waals surface area contributed by atoms with Crippen LogP contribution in [0.4, 0.5) is 0 Å². The summed E-state index contributed by atoms with van der Waals surface area (Å²) in [7, 11) is 5.26. The maximum atomic E-state index is 12.4. The van der Waals surface area contributed by atoms with Gasteiger partial charge >= 0.3 is 0 Å². The van der Waals surface area contributed by atoms with E-state index >= 15 is 0 Å². The Morgan fingerprint density at radius 3 is 2.48 bits per heavy atom. The molecule has 1 spiro atoms. The van der Waals surface area contributed by atoms with E-state index in [0.29, 0.717) is 13.0 Å². The lowest BCUT2D eigenvalue weighted by molar-refractivity contribution is -0.276. The number of ether oxygens (including phenoxy) is 3. The van der Waals surface area contributed by atoms with Gasteiger partial charge in [0.15, 0.2) is 0 Å². The molecule has 1 aliphatic heterocycles. The van der Waals surface area contributed by atoms with Crippen LogP contribution in [0.2, 0.25) is 0 Å². The smallest absolute Gasteiger partial charge is 0.0796 e. The second-order valence-corrected chi connectivity index (χ2v) is 11.6. The van der Waals surface area contributed by atoms with E-state index < -0.39 is 17.8 Å². The van der Waals surface area contributed by atoms with Gasteiger partial charge in [0.25, 0.3) is 0 Å². The molecule has 6 aliphatic rings. The standard InChI is InChI=1S/C24H39NO6/c1-5-25-10-22(11-29-2)7-6-15(31-4)24-13-8-12-14(30-3)9-23(28,16(13)18(12)26)17(21(24)25)19(27)20(22)24/h12-21,26-28H,5-11H2,1-4H3/t12-,13-,14+,15+,16-,17?,18+,19+,20-,21?,22+,23-,24+/m1/s1. The van der Waals surface area contributed by atoms with Gasteiger partial charge in [-0.1, -0.05) is 6.92 Å². The molecule has 176 valence electrons. The average Bonchev–Trinajstić information content (AvgIpc) is 3.14. The third kappa shape index (κ3) is 2.12. The number of hydrogen-bond acceptors (Lipinski definition) is 7. The Bertz CT molecular complexity index is 752. The lowest BCUT2D eigenvalue weighted by atomic mass is 9.43. The van der Waals surface area contributed by atoms with Crippen molar-refractivity contribution in [1.82, 2.24) is 4.90 Å². The van der Waals surface area contributed by atoms with Crippen molar-refractivity contribution in [3.05, 3.63) is 0 Å². The maximum Gasteiger partial charge on any atom is 0.0796 e. The Hall–Kier alpha value is -0.280. The number of piperidine rings is 1. The van der Waals surface area contributed by atoms with Gasteiger partial charge in [-0.25, -0.2) is 0 Å². The van der Waals surface area contributed by atoms with Crippen LogP contribution < -0.4 is 0 Å². The van der Waals surface area contributed by atoms with Crippen molar-refractivity contribution < 1.29 is 29.5 Å². The molecule has 13 atom stereocenters. The Morgan fingerprint density at radius 2 is 1.84 bits per heavy atom. The number of likely N-dealkylation sites (tertiary alicyclic amines) is 1. The zero-order valence-corrected chi connectivity index (χ0v) is 19.2. The first-order chi connectivity index (χ1) is 14.9. The lowest BCUT2D eigenvalue weighted by Gasteiger charge is -2.69. The molecule has 0 aromatic heterocycles. The highest BCUT2D eigenvalue weighted by atomic mass is 16.5. The van der Waals surface area contributed by atoms with Gasteiger partial charge in [0.2, 0.25) is 0 Å². The van der Waals surface area contributed by atoms with Gasteiger partial charge in [0.05, 0.1) is 36.6 Å². The highest BCUT2D eigenvalue weighted by Gasteiger charge is 2.86. The summed E-state index contributed by atoms with van der Waals surface area (Å²) in [5.41, 5.74) is -1.55. The summed E-state index contributed by atoms with van der Waals surface area (Å²) in [6.07, 6.45) is 1.86. The van der Waals surface area contributed by atoms with Crippen molar-refractivity contribution in [2.45, 2.75) is 68.7 Å². The predicted octanol–water partition coefficient (Wildman–Crippen LogP) is 0.502. The Kier molecular flexibility index (Phi) is 4.56. The second kappa shape index (κ2) is 6.65. The minimum atomic E-state index is -1.13. The number of hydrogen-bond donors (Lipinski definition) is 3. The third-order valence-corrected chi connectivity index (χ3v) is 11.1. The molecule has 7 heteroatoms. The maximum absolute atomic E-state index is 12.4. The molecule has 2 unspecified atom stereocenters. The van der Waals surface area contributed by atoms with Gasteiger partial charge in [-0.15, -0.1) is 0 Å². The van der Waals surface area contributed by atoms with Crippen LogP contribution in [0.3, 0.4) is 0 Å². The third-order valence-electron chi connectivity index (χ3n) is 11.1. The van der Waals surface area contributed by atoms with Crippen molar-refractivity contribution >= 4 is 0 Å². The summed E-state index contributed by atoms with van der Waals surface area (Å²) in [5, 5.41) is 35.9. The molecule has 0 aromatic rings. The van der Waals surface area contributed by atoms with Crippen LogP contribution in [0.5, 0.6) is 0 Å². The van der Waals surface area contributed by atoms with E-state index in [4.69, 9.17) is 14.2 Å². The first-order valence-corrected chi connectivity index (χ1v) is 12.2. The van der Waals surface area contributed by atoms with Gasteiger partial charge in [-0.05, 0) is 31.7 Å². The predicted molar refractivity (Wildman–Crippen MR) is 112 cm³/mol. The fourth-order valence-corrected chi connectivity index (χ4v) is 10.7. The zero-order valence-electron chi connectivity index (χ0n) is 19.2. The first kappa shape index (κ1) is 21.3. The molecule has 0 amide bonds. The van der Waals surface area contributed by atoms with Crippen LogP contribution in [0.1, 0.15) is 32.6 Å². The van der Waals surface area contributed by atoms with Crippen LogP contribution in [0.25, 0.3) is 0 Å². The van der Waals surface area contributed by atoms with Crippen molar-refractivity contribution in [1.29, 1.82) is 0 Å². The number of methoxy groups -OCH3 is 3. The highest BCUT2D eigenvalue weighted by Crippen LogP contribution is 2.79. The molecule has 5 saturated carbocycles. The molecule has 0 aromatic carbocycles. The van der Waals surface area contributed by atoms with Crippen LogP contribution >= 0.6 is 0 Å². The number of aliphatic hydroxyl groups excluding tert-OH is 2. The van der Waals surface area contributed by atoms with E-state index in [1.54, 1.807) is 14.2 Å². The molecule has 1 saturated heterocycles. The van der Waals surface area contributed by atoms with Crippen LogP contribution in [-0.2, 0) is 14.2 Å². The summed E-state index contributed by atoms with van der Waals surface area (Å²) in [6.45, 7) is 4.57. The molecule has 6 fully saturated rings. The minimum absolute atomic E-state index is 0.0167. The molecular weight excluding hydrogens is 398 g/mol. The summed E-state index contributed by atoms with van der Waals surface area (Å²) in [6, 6.07) is 0.0561. The zero-order chi connectivity index (χ0) is 21.9. The van der Waals surface area contributed by atoms with Crippen LogP contribution in [-0.4, -0.2) is 97.3 Å². The monoisotopic (exact) mass is 437 g/mol. The van der Waals surface area contributed by atoms with Crippen molar-refractivity contribution in [2.75, 3.05) is 41.0 Å². The Labute approximate surface area is 185 Å². The topological polar surface area (TPSA) is 91.6 Å². The molecule has 6 rings (SSSR count). The van der Waals surface area contributed by atoms with Gasteiger partial charge in [-0.3, -0.25) is 4.90 Å². The summed E-state index contributed by atoms with van der Waals surface area (Å²) < 4.78 is 17.9. The highest BCUT2D eigenvalue weighted by molar-refractivity contribution is 5.35. The lowest BCUT2D eigenvalue weighted by Crippen LogP contribution is -2.76. The largest absolute Gasteiger partial charge is 0.392 e. The van der Waals surface area contributed by atoms with Crippen molar-refractivity contribution in [3.63, 3.8) is 0 Å². The number of aliphatic hydroxyl groups is 3. The van der Waals surface area contributed by atoms with Crippen LogP contribution in [0, 0.1) is 40.4 Å². The normalized spacial score (nSPS) is 61.6. The summed E-state index contributed by atoms with van der Waals surface area (Å²) in [5.74, 6) is -0.366. The number of nitrogens with zero attached hydrogens (tertiary/aromatic N) is 1. The SMILES string of the molecule is CCN1C[C@]2(COC)CC[C@H](OC)[C@]34C1C([C@H](O)[C@H]23)[C@@]1(O)C[C@H](OC)[C@H]2C[C@@H]4[C@@H]1[C@H]2O. The molecule has 1 heterocycles. The van der Waals surface area contributed by atoms with E-state index in [0.717, 1.165) is 32.4 Å².